The van der Waals surface area contributed by atoms with Gasteiger partial charge in [-0.05, 0) is 18.9 Å². The third kappa shape index (κ3) is 1.47. The third-order valence-electron chi connectivity index (χ3n) is 1.58. The second kappa shape index (κ2) is 3.20. The van der Waals surface area contributed by atoms with Crippen LogP contribution in [0.4, 0.5) is 0 Å². The minimum Gasteiger partial charge on any atom is -0.384 e. The van der Waals surface area contributed by atoms with Gasteiger partial charge < -0.3 is 5.32 Å². The smallest absolute Gasteiger partial charge is 0.0516 e. The van der Waals surface area contributed by atoms with E-state index in [1.807, 2.05) is 6.21 Å². The number of hydrogen-bond donors (Lipinski definition) is 1. The summed E-state index contributed by atoms with van der Waals surface area (Å²) in [7, 11) is 0. The maximum Gasteiger partial charge on any atom is 0.0516 e. The number of rotatable bonds is 2. The maximum absolute atomic E-state index is 3.92. The van der Waals surface area contributed by atoms with E-state index in [9.17, 15) is 0 Å². The lowest BCUT2D eigenvalue weighted by molar-refractivity contribution is 0.894. The van der Waals surface area contributed by atoms with Crippen LogP contribution >= 0.6 is 0 Å². The number of hydrogen-bond acceptors (Lipinski definition) is 2. The van der Waals surface area contributed by atoms with Gasteiger partial charge in [-0.25, -0.2) is 0 Å². The summed E-state index contributed by atoms with van der Waals surface area (Å²) in [6.45, 7) is 6.66. The normalized spacial score (nSPS) is 18.1. The lowest BCUT2D eigenvalue weighted by atomic mass is 10.2. The molecule has 0 saturated heterocycles. The second-order valence-electron chi connectivity index (χ2n) is 2.33. The van der Waals surface area contributed by atoms with Crippen LogP contribution in [-0.2, 0) is 0 Å². The molecule has 1 rings (SSSR count). The third-order valence-corrected chi connectivity index (χ3v) is 1.58. The van der Waals surface area contributed by atoms with Crippen molar-refractivity contribution in [2.75, 3.05) is 6.54 Å². The first kappa shape index (κ1) is 7.06. The van der Waals surface area contributed by atoms with Crippen LogP contribution in [-0.4, -0.2) is 12.8 Å². The summed E-state index contributed by atoms with van der Waals surface area (Å²) in [6.07, 6.45) is 4.49. The van der Waals surface area contributed by atoms with Crippen LogP contribution in [0.3, 0.4) is 0 Å². The topological polar surface area (TPSA) is 24.4 Å². The molecular formula is C8H12N2. The Morgan fingerprint density at radius 2 is 2.50 bits per heavy atom. The Hall–Kier alpha value is -1.05. The van der Waals surface area contributed by atoms with Crippen molar-refractivity contribution >= 4 is 6.21 Å². The summed E-state index contributed by atoms with van der Waals surface area (Å²) in [5, 5.41) is 3.22. The van der Waals surface area contributed by atoms with Gasteiger partial charge in [0, 0.05) is 19.0 Å². The lowest BCUT2D eigenvalue weighted by Gasteiger charge is -1.93. The quantitative estimate of drug-likeness (QED) is 0.571. The zero-order valence-electron chi connectivity index (χ0n) is 6.22. The van der Waals surface area contributed by atoms with Crippen LogP contribution in [0.1, 0.15) is 13.3 Å². The highest BCUT2D eigenvalue weighted by Crippen LogP contribution is 2.09. The molecule has 0 atom stereocenters. The molecule has 0 aliphatic carbocycles. The van der Waals surface area contributed by atoms with E-state index in [1.165, 1.54) is 5.57 Å². The highest BCUT2D eigenvalue weighted by atomic mass is 14.9. The molecule has 1 heterocycles. The van der Waals surface area contributed by atoms with Crippen LogP contribution in [0.2, 0.25) is 0 Å². The van der Waals surface area contributed by atoms with Crippen molar-refractivity contribution in [2.45, 2.75) is 13.3 Å². The Morgan fingerprint density at radius 3 is 3.00 bits per heavy atom. The standard InChI is InChI=1S/C8H12N2/c1-3-9-6-8-7(2)4-5-10-8/h3,6,10H,1,4-5H2,2H3. The van der Waals surface area contributed by atoms with Crippen LogP contribution in [0.25, 0.3) is 0 Å². The molecule has 0 fully saturated rings. The summed E-state index contributed by atoms with van der Waals surface area (Å²) < 4.78 is 0. The molecule has 10 heavy (non-hydrogen) atoms. The molecule has 2 nitrogen and oxygen atoms in total. The number of aliphatic imine (C=N–C) groups is 1. The minimum absolute atomic E-state index is 1.05. The van der Waals surface area contributed by atoms with Crippen LogP contribution in [0.15, 0.2) is 29.0 Å². The van der Waals surface area contributed by atoms with Gasteiger partial charge in [0.05, 0.1) is 5.70 Å². The van der Waals surface area contributed by atoms with Crippen LogP contribution < -0.4 is 5.32 Å². The molecule has 1 aliphatic rings. The van der Waals surface area contributed by atoms with E-state index in [0.717, 1.165) is 18.7 Å². The monoisotopic (exact) mass is 136 g/mol. The number of allylic oxidation sites excluding steroid dienone is 1. The molecule has 54 valence electrons. The molecule has 0 aromatic heterocycles. The first-order chi connectivity index (χ1) is 4.84. The first-order valence-corrected chi connectivity index (χ1v) is 3.42. The van der Waals surface area contributed by atoms with Crippen molar-refractivity contribution in [2.24, 2.45) is 4.99 Å². The average Bonchev–Trinajstić information content (AvgIpc) is 2.31. The van der Waals surface area contributed by atoms with Gasteiger partial charge in [0.15, 0.2) is 0 Å². The van der Waals surface area contributed by atoms with E-state index in [2.05, 4.69) is 23.8 Å². The predicted molar refractivity (Wildman–Crippen MR) is 44.0 cm³/mol. The van der Waals surface area contributed by atoms with Crippen molar-refractivity contribution in [3.63, 3.8) is 0 Å². The van der Waals surface area contributed by atoms with Crippen LogP contribution in [0.5, 0.6) is 0 Å². The fourth-order valence-electron chi connectivity index (χ4n) is 0.953. The molecule has 0 saturated carbocycles. The molecule has 0 aromatic rings. The van der Waals surface area contributed by atoms with Gasteiger partial charge >= 0.3 is 0 Å². The molecule has 0 bridgehead atoms. The predicted octanol–water partition coefficient (Wildman–Crippen LogP) is 1.47. The van der Waals surface area contributed by atoms with Crippen LogP contribution in [0, 0.1) is 0 Å². The first-order valence-electron chi connectivity index (χ1n) is 3.42. The number of nitrogens with zero attached hydrogens (tertiary/aromatic N) is 1. The van der Waals surface area contributed by atoms with Gasteiger partial charge in [-0.2, -0.15) is 0 Å². The summed E-state index contributed by atoms with van der Waals surface area (Å²) in [5.41, 5.74) is 2.53. The fourth-order valence-corrected chi connectivity index (χ4v) is 0.953. The van der Waals surface area contributed by atoms with E-state index < -0.39 is 0 Å². The molecule has 0 radical (unpaired) electrons. The average molecular weight is 136 g/mol. The van der Waals surface area contributed by atoms with Gasteiger partial charge in [0.1, 0.15) is 0 Å². The van der Waals surface area contributed by atoms with Gasteiger partial charge in [-0.3, -0.25) is 4.99 Å². The van der Waals surface area contributed by atoms with Gasteiger partial charge in [0.25, 0.3) is 0 Å². The molecule has 0 spiro atoms. The zero-order valence-corrected chi connectivity index (χ0v) is 6.22. The molecular weight excluding hydrogens is 124 g/mol. The summed E-state index contributed by atoms with van der Waals surface area (Å²) in [4.78, 5) is 3.92. The zero-order chi connectivity index (χ0) is 7.40. The molecule has 0 aromatic carbocycles. The van der Waals surface area contributed by atoms with E-state index in [0.29, 0.717) is 0 Å². The van der Waals surface area contributed by atoms with E-state index >= 15 is 0 Å². The van der Waals surface area contributed by atoms with Gasteiger partial charge in [0.2, 0.25) is 0 Å². The van der Waals surface area contributed by atoms with Crippen molar-refractivity contribution in [3.05, 3.63) is 24.0 Å². The largest absolute Gasteiger partial charge is 0.384 e. The summed E-state index contributed by atoms with van der Waals surface area (Å²) in [6, 6.07) is 0. The number of nitrogens with one attached hydrogen (secondary N) is 1. The van der Waals surface area contributed by atoms with Gasteiger partial charge in [-0.1, -0.05) is 6.58 Å². The van der Waals surface area contributed by atoms with Crippen molar-refractivity contribution < 1.29 is 0 Å². The highest BCUT2D eigenvalue weighted by Gasteiger charge is 2.05. The van der Waals surface area contributed by atoms with E-state index in [1.54, 1.807) is 6.20 Å². The SMILES string of the molecule is C=CN=CC1=C(C)CCN1. The minimum atomic E-state index is 1.05. The molecule has 1 N–H and O–H groups in total. The highest BCUT2D eigenvalue weighted by molar-refractivity contribution is 5.79. The Kier molecular flexibility index (Phi) is 2.26. The fraction of sp³-hybridized carbons (Fsp3) is 0.375. The summed E-state index contributed by atoms with van der Waals surface area (Å²) in [5.74, 6) is 0. The Balaban J connectivity index is 2.62. The Labute approximate surface area is 61.4 Å². The molecule has 0 amide bonds. The second-order valence-corrected chi connectivity index (χ2v) is 2.33. The van der Waals surface area contributed by atoms with E-state index in [-0.39, 0.29) is 0 Å². The molecule has 1 aliphatic heterocycles. The van der Waals surface area contributed by atoms with E-state index in [4.69, 9.17) is 0 Å². The Morgan fingerprint density at radius 1 is 1.70 bits per heavy atom. The molecule has 2 heteroatoms. The lowest BCUT2D eigenvalue weighted by Crippen LogP contribution is -2.07. The van der Waals surface area contributed by atoms with Crippen molar-refractivity contribution in [1.29, 1.82) is 0 Å². The van der Waals surface area contributed by atoms with Crippen molar-refractivity contribution in [3.8, 4) is 0 Å². The Bertz CT molecular complexity index is 189. The maximum atomic E-state index is 3.92. The van der Waals surface area contributed by atoms with Crippen molar-refractivity contribution in [1.82, 2.24) is 5.32 Å². The van der Waals surface area contributed by atoms with Gasteiger partial charge in [-0.15, -0.1) is 0 Å². The molecule has 0 unspecified atom stereocenters. The summed E-state index contributed by atoms with van der Waals surface area (Å²) >= 11 is 0.